The third kappa shape index (κ3) is 6.74. The molecule has 3 N–H and O–H groups in total. The number of aryl methyl sites for hydroxylation is 1. The zero-order valence-corrected chi connectivity index (χ0v) is 12.3. The normalized spacial score (nSPS) is 11.8. The number of urea groups is 1. The molecule has 1 aromatic rings. The monoisotopic (exact) mass is 296 g/mol. The van der Waals surface area contributed by atoms with E-state index in [0.717, 1.165) is 5.56 Å². The van der Waals surface area contributed by atoms with Crippen LogP contribution < -0.4 is 10.6 Å². The zero-order chi connectivity index (χ0) is 15.8. The summed E-state index contributed by atoms with van der Waals surface area (Å²) in [6, 6.07) is 4.02. The highest BCUT2D eigenvalue weighted by atomic mass is 19.1. The van der Waals surface area contributed by atoms with E-state index in [4.69, 9.17) is 5.11 Å². The molecule has 116 valence electrons. The molecule has 0 aliphatic heterocycles. The van der Waals surface area contributed by atoms with Crippen molar-refractivity contribution in [2.24, 2.45) is 5.92 Å². The van der Waals surface area contributed by atoms with Crippen LogP contribution in [0.1, 0.15) is 31.7 Å². The number of carbonyl (C=O) groups is 2. The molecule has 0 radical (unpaired) electrons. The molecule has 1 unspecified atom stereocenters. The van der Waals surface area contributed by atoms with Gasteiger partial charge in [-0.3, -0.25) is 4.79 Å². The quantitative estimate of drug-likeness (QED) is 0.723. The molecule has 1 aromatic carbocycles. The van der Waals surface area contributed by atoms with Gasteiger partial charge in [-0.05, 0) is 43.4 Å². The predicted octanol–water partition coefficient (Wildman–Crippen LogP) is 3.15. The van der Waals surface area contributed by atoms with E-state index in [1.807, 2.05) is 13.8 Å². The first kappa shape index (κ1) is 16.9. The predicted molar refractivity (Wildman–Crippen MR) is 78.8 cm³/mol. The van der Waals surface area contributed by atoms with Crippen LogP contribution >= 0.6 is 0 Å². The summed E-state index contributed by atoms with van der Waals surface area (Å²) in [5.74, 6) is -1.09. The van der Waals surface area contributed by atoms with Gasteiger partial charge in [0.25, 0.3) is 0 Å². The van der Waals surface area contributed by atoms with Crippen LogP contribution in [0, 0.1) is 18.7 Å². The molecule has 0 aliphatic rings. The van der Waals surface area contributed by atoms with Crippen LogP contribution in [-0.2, 0) is 4.79 Å². The summed E-state index contributed by atoms with van der Waals surface area (Å²) < 4.78 is 13.5. The molecule has 21 heavy (non-hydrogen) atoms. The number of hydrogen-bond acceptors (Lipinski definition) is 2. The molecule has 0 aliphatic carbocycles. The molecule has 0 heterocycles. The number of rotatable bonds is 7. The van der Waals surface area contributed by atoms with Gasteiger partial charge in [-0.2, -0.15) is 0 Å². The van der Waals surface area contributed by atoms with Crippen molar-refractivity contribution in [2.75, 3.05) is 11.9 Å². The van der Waals surface area contributed by atoms with Crippen molar-refractivity contribution in [1.82, 2.24) is 5.32 Å². The van der Waals surface area contributed by atoms with Crippen molar-refractivity contribution in [3.8, 4) is 0 Å². The number of carboxylic acid groups (broad SMARTS) is 1. The van der Waals surface area contributed by atoms with E-state index < -0.39 is 17.8 Å². The van der Waals surface area contributed by atoms with Gasteiger partial charge in [0.05, 0.1) is 5.69 Å². The molecule has 1 rings (SSSR count). The fourth-order valence-corrected chi connectivity index (χ4v) is 1.85. The highest BCUT2D eigenvalue weighted by molar-refractivity contribution is 5.89. The maximum Gasteiger partial charge on any atom is 0.319 e. The van der Waals surface area contributed by atoms with Crippen molar-refractivity contribution in [2.45, 2.75) is 33.1 Å². The first-order valence-corrected chi connectivity index (χ1v) is 6.91. The van der Waals surface area contributed by atoms with Gasteiger partial charge < -0.3 is 15.7 Å². The third-order valence-corrected chi connectivity index (χ3v) is 3.14. The minimum atomic E-state index is -0.817. The zero-order valence-electron chi connectivity index (χ0n) is 12.3. The standard InChI is InChI=1S/C15H21FN2O3/c1-10(4-6-14(19)20)7-8-17-15(21)18-13-9-11(2)3-5-12(13)16/h3,5,9-10H,4,6-8H2,1-2H3,(H,19,20)(H2,17,18,21). The van der Waals surface area contributed by atoms with Crippen LogP contribution in [0.15, 0.2) is 18.2 Å². The average molecular weight is 296 g/mol. The molecule has 0 saturated heterocycles. The highest BCUT2D eigenvalue weighted by Crippen LogP contribution is 2.15. The van der Waals surface area contributed by atoms with Crippen molar-refractivity contribution < 1.29 is 19.1 Å². The highest BCUT2D eigenvalue weighted by Gasteiger charge is 2.08. The number of hydrogen-bond donors (Lipinski definition) is 3. The van der Waals surface area contributed by atoms with Crippen molar-refractivity contribution in [3.63, 3.8) is 0 Å². The van der Waals surface area contributed by atoms with E-state index in [-0.39, 0.29) is 18.0 Å². The Morgan fingerprint density at radius 1 is 1.33 bits per heavy atom. The Kier molecular flexibility index (Phi) is 6.65. The number of aliphatic carboxylic acids is 1. The lowest BCUT2D eigenvalue weighted by atomic mass is 10.0. The van der Waals surface area contributed by atoms with Gasteiger partial charge >= 0.3 is 12.0 Å². The molecule has 0 saturated carbocycles. The molecule has 0 spiro atoms. The maximum atomic E-state index is 13.5. The van der Waals surface area contributed by atoms with E-state index in [1.54, 1.807) is 12.1 Å². The number of carbonyl (C=O) groups excluding carboxylic acids is 1. The number of carboxylic acids is 1. The molecule has 2 amide bonds. The van der Waals surface area contributed by atoms with E-state index in [2.05, 4.69) is 10.6 Å². The van der Waals surface area contributed by atoms with Crippen LogP contribution in [0.5, 0.6) is 0 Å². The second-order valence-corrected chi connectivity index (χ2v) is 5.19. The number of nitrogens with one attached hydrogen (secondary N) is 2. The second kappa shape index (κ2) is 8.24. The molecule has 0 bridgehead atoms. The summed E-state index contributed by atoms with van der Waals surface area (Å²) in [6.07, 6.45) is 1.38. The molecule has 0 fully saturated rings. The topological polar surface area (TPSA) is 78.4 Å². The van der Waals surface area contributed by atoms with Crippen LogP contribution in [0.3, 0.4) is 0 Å². The number of benzene rings is 1. The van der Waals surface area contributed by atoms with Gasteiger partial charge in [0.1, 0.15) is 5.82 Å². The Morgan fingerprint density at radius 2 is 2.05 bits per heavy atom. The van der Waals surface area contributed by atoms with Crippen molar-refractivity contribution >= 4 is 17.7 Å². The summed E-state index contributed by atoms with van der Waals surface area (Å²) in [4.78, 5) is 22.1. The Morgan fingerprint density at radius 3 is 2.71 bits per heavy atom. The molecule has 0 aromatic heterocycles. The minimum Gasteiger partial charge on any atom is -0.481 e. The number of anilines is 1. The van der Waals surface area contributed by atoms with E-state index in [9.17, 15) is 14.0 Å². The fourth-order valence-electron chi connectivity index (χ4n) is 1.85. The fraction of sp³-hybridized carbons (Fsp3) is 0.467. The molecular formula is C15H21FN2O3. The van der Waals surface area contributed by atoms with Crippen LogP contribution in [0.2, 0.25) is 0 Å². The number of halogens is 1. The Bertz CT molecular complexity index is 506. The molecule has 1 atom stereocenters. The van der Waals surface area contributed by atoms with Crippen LogP contribution in [-0.4, -0.2) is 23.7 Å². The van der Waals surface area contributed by atoms with Gasteiger partial charge in [0, 0.05) is 13.0 Å². The Hall–Kier alpha value is -2.11. The second-order valence-electron chi connectivity index (χ2n) is 5.19. The maximum absolute atomic E-state index is 13.5. The van der Waals surface area contributed by atoms with E-state index in [0.29, 0.717) is 19.4 Å². The summed E-state index contributed by atoms with van der Waals surface area (Å²) in [6.45, 7) is 4.16. The van der Waals surface area contributed by atoms with E-state index >= 15 is 0 Å². The third-order valence-electron chi connectivity index (χ3n) is 3.14. The summed E-state index contributed by atoms with van der Waals surface area (Å²) in [5.41, 5.74) is 1.00. The summed E-state index contributed by atoms with van der Waals surface area (Å²) >= 11 is 0. The van der Waals surface area contributed by atoms with Gasteiger partial charge in [0.15, 0.2) is 0 Å². The van der Waals surface area contributed by atoms with Crippen LogP contribution in [0.4, 0.5) is 14.9 Å². The number of amides is 2. The van der Waals surface area contributed by atoms with Crippen molar-refractivity contribution in [1.29, 1.82) is 0 Å². The minimum absolute atomic E-state index is 0.127. The Labute approximate surface area is 123 Å². The summed E-state index contributed by atoms with van der Waals surface area (Å²) in [7, 11) is 0. The lowest BCUT2D eigenvalue weighted by Crippen LogP contribution is -2.30. The van der Waals surface area contributed by atoms with Crippen molar-refractivity contribution in [3.05, 3.63) is 29.6 Å². The first-order chi connectivity index (χ1) is 9.88. The van der Waals surface area contributed by atoms with E-state index in [1.165, 1.54) is 6.07 Å². The smallest absolute Gasteiger partial charge is 0.319 e. The lowest BCUT2D eigenvalue weighted by molar-refractivity contribution is -0.137. The van der Waals surface area contributed by atoms with Crippen LogP contribution in [0.25, 0.3) is 0 Å². The lowest BCUT2D eigenvalue weighted by Gasteiger charge is -2.12. The molecule has 6 heteroatoms. The van der Waals surface area contributed by atoms with Gasteiger partial charge in [-0.15, -0.1) is 0 Å². The largest absolute Gasteiger partial charge is 0.481 e. The molecular weight excluding hydrogens is 275 g/mol. The SMILES string of the molecule is Cc1ccc(F)c(NC(=O)NCCC(C)CCC(=O)O)c1. The Balaban J connectivity index is 2.31. The first-order valence-electron chi connectivity index (χ1n) is 6.91. The molecule has 5 nitrogen and oxygen atoms in total. The average Bonchev–Trinajstić information content (AvgIpc) is 2.40. The van der Waals surface area contributed by atoms with Gasteiger partial charge in [-0.25, -0.2) is 9.18 Å². The van der Waals surface area contributed by atoms with Gasteiger partial charge in [-0.1, -0.05) is 13.0 Å². The van der Waals surface area contributed by atoms with Gasteiger partial charge in [0.2, 0.25) is 0 Å². The summed E-state index contributed by atoms with van der Waals surface area (Å²) in [5, 5.41) is 13.7.